The van der Waals surface area contributed by atoms with Crippen molar-refractivity contribution in [2.24, 2.45) is 5.73 Å². The number of anilines is 1. The zero-order valence-electron chi connectivity index (χ0n) is 20.1. The summed E-state index contributed by atoms with van der Waals surface area (Å²) in [5.74, 6) is -3.37. The second kappa shape index (κ2) is 12.4. The van der Waals surface area contributed by atoms with Crippen LogP contribution >= 0.6 is 12.4 Å². The third-order valence-electron chi connectivity index (χ3n) is 5.22. The lowest BCUT2D eigenvalue weighted by Gasteiger charge is -2.26. The summed E-state index contributed by atoms with van der Waals surface area (Å²) >= 11 is 0. The summed E-state index contributed by atoms with van der Waals surface area (Å²) in [5.41, 5.74) is 7.13. The van der Waals surface area contributed by atoms with Crippen molar-refractivity contribution < 1.29 is 31.8 Å². The van der Waals surface area contributed by atoms with Gasteiger partial charge in [-0.2, -0.15) is 0 Å². The summed E-state index contributed by atoms with van der Waals surface area (Å²) in [7, 11) is -8.36. The molecule has 0 aromatic heterocycles. The Morgan fingerprint density at radius 1 is 1.14 bits per heavy atom. The summed E-state index contributed by atoms with van der Waals surface area (Å²) in [4.78, 5) is 10.7. The Morgan fingerprint density at radius 3 is 2.31 bits per heavy atom. The molecule has 0 radical (unpaired) electrons. The molecule has 2 aromatic rings. The molecule has 2 rings (SSSR count). The van der Waals surface area contributed by atoms with Crippen molar-refractivity contribution in [1.82, 2.24) is 4.72 Å². The molecule has 0 spiro atoms. The van der Waals surface area contributed by atoms with Crippen LogP contribution < -0.4 is 14.8 Å². The van der Waals surface area contributed by atoms with E-state index in [0.29, 0.717) is 5.56 Å². The number of hydrogen-bond acceptors (Lipinski definition) is 7. The highest BCUT2D eigenvalue weighted by atomic mass is 35.5. The maximum Gasteiger partial charge on any atom is 0.320 e. The van der Waals surface area contributed by atoms with E-state index in [9.17, 15) is 26.7 Å². The van der Waals surface area contributed by atoms with Crippen LogP contribution in [0.5, 0.6) is 5.75 Å². The summed E-state index contributed by atoms with van der Waals surface area (Å²) in [6.45, 7) is 5.28. The van der Waals surface area contributed by atoms with Gasteiger partial charge in [0.1, 0.15) is 16.5 Å². The molecule has 0 aliphatic rings. The van der Waals surface area contributed by atoms with E-state index in [-0.39, 0.29) is 54.9 Å². The van der Waals surface area contributed by atoms with Gasteiger partial charge in [-0.3, -0.25) is 14.5 Å². The minimum absolute atomic E-state index is 0. The van der Waals surface area contributed by atoms with Gasteiger partial charge < -0.3 is 15.9 Å². The number of carboxylic acids is 1. The molecule has 0 bridgehead atoms. The number of aliphatic carboxylic acids is 1. The first-order valence-electron chi connectivity index (χ1n) is 10.7. The van der Waals surface area contributed by atoms with Gasteiger partial charge in [0.25, 0.3) is 0 Å². The first kappa shape index (κ1) is 31.2. The van der Waals surface area contributed by atoms with Gasteiger partial charge in [-0.1, -0.05) is 26.0 Å². The van der Waals surface area contributed by atoms with E-state index in [2.05, 4.69) is 4.72 Å². The maximum absolute atomic E-state index is 12.8. The second-order valence-electron chi connectivity index (χ2n) is 8.10. The smallest absolute Gasteiger partial charge is 0.320 e. The Hall–Kier alpha value is -2.87. The van der Waals surface area contributed by atoms with Gasteiger partial charge in [0.05, 0.1) is 5.69 Å². The van der Waals surface area contributed by atoms with Crippen LogP contribution in [-0.4, -0.2) is 57.7 Å². The van der Waals surface area contributed by atoms with Crippen molar-refractivity contribution in [1.29, 1.82) is 5.41 Å². The van der Waals surface area contributed by atoms with Crippen LogP contribution in [-0.2, 0) is 31.3 Å². The van der Waals surface area contributed by atoms with Gasteiger partial charge >= 0.3 is 5.97 Å². The van der Waals surface area contributed by atoms with Crippen LogP contribution in [0.3, 0.4) is 0 Å². The molecule has 0 aliphatic carbocycles. The van der Waals surface area contributed by atoms with E-state index in [1.807, 2.05) is 13.8 Å². The molecular weight excluding hydrogens is 532 g/mol. The third kappa shape index (κ3) is 7.56. The number of aromatic hydroxyl groups is 1. The van der Waals surface area contributed by atoms with Crippen LogP contribution in [0, 0.1) is 5.41 Å². The molecule has 200 valence electrons. The van der Waals surface area contributed by atoms with Crippen LogP contribution in [0.15, 0.2) is 41.3 Å². The van der Waals surface area contributed by atoms with E-state index < -0.39 is 42.4 Å². The van der Waals surface area contributed by atoms with Crippen molar-refractivity contribution in [2.45, 2.75) is 38.0 Å². The van der Waals surface area contributed by atoms with E-state index in [0.717, 1.165) is 22.0 Å². The zero-order valence-corrected chi connectivity index (χ0v) is 22.5. The molecule has 14 heteroatoms. The standard InChI is InChI=1S/C22H30N4O7S2.ClH/c1-4-26(34(30,31)13-21(28)29)18-11-16(14(2)3)6-5-15(18)9-10-25-35(32,33)20-12-17(22(23)24)7-8-19(20)27;/h5-8,11-12,14,25,27H,4,9-10,13H2,1-3H3,(H3,23,24)(H,28,29);1H. The number of nitrogens with zero attached hydrogens (tertiary/aromatic N) is 1. The molecule has 0 saturated heterocycles. The number of nitrogens with one attached hydrogen (secondary N) is 2. The Morgan fingerprint density at radius 2 is 1.78 bits per heavy atom. The van der Waals surface area contributed by atoms with Crippen molar-refractivity contribution in [3.63, 3.8) is 0 Å². The number of nitrogens with two attached hydrogens (primary N) is 1. The fourth-order valence-corrected chi connectivity index (χ4v) is 5.91. The van der Waals surface area contributed by atoms with Crippen molar-refractivity contribution in [2.75, 3.05) is 23.1 Å². The fraction of sp³-hybridized carbons (Fsp3) is 0.364. The van der Waals surface area contributed by atoms with Gasteiger partial charge in [0.2, 0.25) is 20.0 Å². The molecule has 0 aliphatic heterocycles. The normalized spacial score (nSPS) is 11.7. The van der Waals surface area contributed by atoms with E-state index >= 15 is 0 Å². The Labute approximate surface area is 217 Å². The SMILES string of the molecule is CCN(c1cc(C(C)C)ccc1CCNS(=O)(=O)c1cc(C(=N)N)ccc1O)S(=O)(=O)CC(=O)O.Cl. The first-order valence-corrected chi connectivity index (χ1v) is 13.8. The molecule has 6 N–H and O–H groups in total. The van der Waals surface area contributed by atoms with E-state index in [1.165, 1.54) is 6.07 Å². The van der Waals surface area contributed by atoms with Gasteiger partial charge in [-0.15, -0.1) is 12.4 Å². The largest absolute Gasteiger partial charge is 0.507 e. The van der Waals surface area contributed by atoms with Gasteiger partial charge in [0, 0.05) is 18.7 Å². The molecule has 0 atom stereocenters. The summed E-state index contributed by atoms with van der Waals surface area (Å²) in [5, 5.41) is 26.5. The highest BCUT2D eigenvalue weighted by Gasteiger charge is 2.27. The van der Waals surface area contributed by atoms with Crippen LogP contribution in [0.1, 0.15) is 43.4 Å². The number of carbonyl (C=O) groups is 1. The Bertz CT molecular complexity index is 1330. The van der Waals surface area contributed by atoms with Crippen LogP contribution in [0.25, 0.3) is 0 Å². The molecule has 0 unspecified atom stereocenters. The quantitative estimate of drug-likeness (QED) is 0.191. The molecule has 36 heavy (non-hydrogen) atoms. The number of sulfonamides is 2. The predicted octanol–water partition coefficient (Wildman–Crippen LogP) is 1.98. The number of phenols is 1. The average Bonchev–Trinajstić information content (AvgIpc) is 2.73. The number of phenolic OH excluding ortho intramolecular Hbond substituents is 1. The Balaban J connectivity index is 0.00000648. The first-order chi connectivity index (χ1) is 16.2. The summed E-state index contributed by atoms with van der Waals surface area (Å²) in [6, 6.07) is 8.68. The summed E-state index contributed by atoms with van der Waals surface area (Å²) < 4.78 is 54.4. The third-order valence-corrected chi connectivity index (χ3v) is 8.45. The number of amidine groups is 1. The highest BCUT2D eigenvalue weighted by molar-refractivity contribution is 7.93. The number of rotatable bonds is 12. The van der Waals surface area contributed by atoms with Crippen LogP contribution in [0.2, 0.25) is 0 Å². The second-order valence-corrected chi connectivity index (χ2v) is 11.7. The predicted molar refractivity (Wildman–Crippen MR) is 140 cm³/mol. The minimum atomic E-state index is -4.18. The topological polar surface area (TPSA) is 191 Å². The van der Waals surface area contributed by atoms with Gasteiger partial charge in [-0.05, 0) is 54.7 Å². The number of hydrogen-bond donors (Lipinski definition) is 5. The lowest BCUT2D eigenvalue weighted by atomic mass is 9.99. The molecule has 2 aromatic carbocycles. The van der Waals surface area contributed by atoms with Gasteiger partial charge in [-0.25, -0.2) is 21.6 Å². The number of carboxylic acid groups (broad SMARTS) is 1. The van der Waals surface area contributed by atoms with Gasteiger partial charge in [0.15, 0.2) is 5.75 Å². The van der Waals surface area contributed by atoms with E-state index in [4.69, 9.17) is 16.2 Å². The molecule has 0 saturated carbocycles. The number of nitrogen functional groups attached to an aromatic ring is 1. The Kier molecular flexibility index (Phi) is 10.7. The molecular formula is C22H31ClN4O7S2. The lowest BCUT2D eigenvalue weighted by Crippen LogP contribution is -2.36. The zero-order chi connectivity index (χ0) is 26.6. The molecule has 0 heterocycles. The number of benzene rings is 2. The fourth-order valence-electron chi connectivity index (χ4n) is 3.43. The maximum atomic E-state index is 12.8. The van der Waals surface area contributed by atoms with Crippen molar-refractivity contribution in [3.8, 4) is 5.75 Å². The molecule has 0 fully saturated rings. The lowest BCUT2D eigenvalue weighted by molar-refractivity contribution is -0.134. The minimum Gasteiger partial charge on any atom is -0.507 e. The van der Waals surface area contributed by atoms with Crippen molar-refractivity contribution >= 4 is 49.9 Å². The molecule has 0 amide bonds. The number of halogens is 1. The monoisotopic (exact) mass is 562 g/mol. The van der Waals surface area contributed by atoms with Crippen LogP contribution in [0.4, 0.5) is 5.69 Å². The highest BCUT2D eigenvalue weighted by Crippen LogP contribution is 2.29. The van der Waals surface area contributed by atoms with E-state index in [1.54, 1.807) is 25.1 Å². The van der Waals surface area contributed by atoms with Crippen molar-refractivity contribution in [3.05, 3.63) is 53.1 Å². The average molecular weight is 563 g/mol. The molecule has 11 nitrogen and oxygen atoms in total. The summed E-state index contributed by atoms with van der Waals surface area (Å²) in [6.07, 6.45) is 0.0825.